The molecule has 0 atom stereocenters. The molecule has 6 N–H and O–H groups in total. The van der Waals surface area contributed by atoms with Crippen molar-refractivity contribution in [3.63, 3.8) is 0 Å². The van der Waals surface area contributed by atoms with Crippen LogP contribution in [0.4, 0.5) is 0 Å². The Morgan fingerprint density at radius 2 is 0.833 bits per heavy atom. The van der Waals surface area contributed by atoms with Crippen LogP contribution in [0.2, 0.25) is 0 Å². The van der Waals surface area contributed by atoms with E-state index in [1.165, 1.54) is 77.0 Å². The van der Waals surface area contributed by atoms with Gasteiger partial charge in [0.2, 0.25) is 0 Å². The summed E-state index contributed by atoms with van der Waals surface area (Å²) >= 11 is 0. The van der Waals surface area contributed by atoms with Gasteiger partial charge < -0.3 is 16.7 Å². The first-order chi connectivity index (χ1) is 7.91. The number of rotatable bonds is 13. The van der Waals surface area contributed by atoms with Crippen LogP contribution in [-0.4, -0.2) is 17.2 Å². The van der Waals surface area contributed by atoms with E-state index in [1.807, 2.05) is 0 Å². The zero-order valence-electron chi connectivity index (χ0n) is 12.6. The lowest BCUT2D eigenvalue weighted by Gasteiger charge is -2.02. The Labute approximate surface area is 114 Å². The van der Waals surface area contributed by atoms with Crippen molar-refractivity contribution in [3.05, 3.63) is 0 Å². The van der Waals surface area contributed by atoms with Gasteiger partial charge in [-0.3, -0.25) is 0 Å². The first-order valence-corrected chi connectivity index (χ1v) is 7.52. The predicted octanol–water partition coefficient (Wildman–Crippen LogP) is 4.41. The van der Waals surface area contributed by atoms with Crippen molar-refractivity contribution < 1.29 is 10.6 Å². The molecule has 0 aromatic rings. The van der Waals surface area contributed by atoms with Crippen molar-refractivity contribution in [2.75, 3.05) is 6.61 Å². The normalized spacial score (nSPS) is 9.67. The minimum atomic E-state index is 0. The Kier molecular flexibility index (Phi) is 28.2. The average molecular weight is 263 g/mol. The largest absolute Gasteiger partial charge is 0.412 e. The van der Waals surface area contributed by atoms with E-state index in [0.717, 1.165) is 6.42 Å². The number of hydrogen-bond donors (Lipinski definition) is 2. The first-order valence-electron chi connectivity index (χ1n) is 7.52. The quantitative estimate of drug-likeness (QED) is 0.482. The third-order valence-corrected chi connectivity index (χ3v) is 3.26. The molecule has 0 saturated heterocycles. The van der Waals surface area contributed by atoms with Crippen LogP contribution in [0.3, 0.4) is 0 Å². The van der Waals surface area contributed by atoms with Gasteiger partial charge in [-0.15, -0.1) is 0 Å². The number of hydrogen-bond acceptors (Lipinski definition) is 2. The first kappa shape index (κ1) is 23.0. The van der Waals surface area contributed by atoms with E-state index >= 15 is 0 Å². The molecular weight excluding hydrogens is 226 g/mol. The molecule has 0 fully saturated rings. The maximum atomic E-state index is 8.63. The van der Waals surface area contributed by atoms with Crippen molar-refractivity contribution in [2.45, 2.75) is 90.4 Å². The summed E-state index contributed by atoms with van der Waals surface area (Å²) in [7, 11) is 0. The highest BCUT2D eigenvalue weighted by Gasteiger charge is 1.92. The summed E-state index contributed by atoms with van der Waals surface area (Å²) in [4.78, 5) is 0. The second-order valence-electron chi connectivity index (χ2n) is 4.97. The third kappa shape index (κ3) is 21.2. The fourth-order valence-electron chi connectivity index (χ4n) is 2.13. The molecule has 0 aromatic heterocycles. The Balaban J connectivity index is -0.00000112. The fraction of sp³-hybridized carbons (Fsp3) is 1.00. The molecule has 0 heterocycles. The summed E-state index contributed by atoms with van der Waals surface area (Å²) in [5.74, 6) is 0. The number of unbranched alkanes of at least 4 members (excludes halogenated alkanes) is 12. The molecule has 0 aliphatic rings. The molecule has 0 amide bonds. The molecule has 0 spiro atoms. The molecule has 18 heavy (non-hydrogen) atoms. The van der Waals surface area contributed by atoms with Crippen LogP contribution in [-0.2, 0) is 0 Å². The molecule has 0 aliphatic heterocycles. The zero-order valence-corrected chi connectivity index (χ0v) is 12.6. The lowest BCUT2D eigenvalue weighted by atomic mass is 10.0. The zero-order chi connectivity index (χ0) is 11.9. The van der Waals surface area contributed by atoms with Gasteiger partial charge in [-0.25, -0.2) is 0 Å². The van der Waals surface area contributed by atoms with Crippen molar-refractivity contribution in [2.24, 2.45) is 0 Å². The van der Waals surface area contributed by atoms with Gasteiger partial charge in [0.1, 0.15) is 0 Å². The molecule has 0 unspecified atom stereocenters. The molecule has 114 valence electrons. The van der Waals surface area contributed by atoms with Gasteiger partial charge in [0.25, 0.3) is 0 Å². The Bertz CT molecular complexity index is 107. The van der Waals surface area contributed by atoms with E-state index in [-0.39, 0.29) is 11.6 Å². The molecule has 0 aromatic carbocycles. The van der Waals surface area contributed by atoms with Gasteiger partial charge in [-0.05, 0) is 6.42 Å². The molecule has 0 aliphatic carbocycles. The summed E-state index contributed by atoms with van der Waals surface area (Å²) in [5, 5.41) is 8.63. The van der Waals surface area contributed by atoms with Crippen LogP contribution in [0, 0.1) is 0 Å². The smallest absolute Gasteiger partial charge is 0.0431 e. The van der Waals surface area contributed by atoms with E-state index in [1.54, 1.807) is 0 Å². The number of aliphatic hydroxyl groups is 1. The summed E-state index contributed by atoms with van der Waals surface area (Å²) in [6, 6.07) is 0. The SMILES string of the molecule is CCCCCCCCCCCCCCCO.N.O. The fourth-order valence-corrected chi connectivity index (χ4v) is 2.13. The minimum absolute atomic E-state index is 0. The van der Waals surface area contributed by atoms with Crippen molar-refractivity contribution in [3.8, 4) is 0 Å². The van der Waals surface area contributed by atoms with Crippen LogP contribution >= 0.6 is 0 Å². The Morgan fingerprint density at radius 3 is 1.11 bits per heavy atom. The summed E-state index contributed by atoms with van der Waals surface area (Å²) in [6.07, 6.45) is 17.7. The van der Waals surface area contributed by atoms with Crippen molar-refractivity contribution in [1.29, 1.82) is 0 Å². The van der Waals surface area contributed by atoms with Gasteiger partial charge in [0, 0.05) is 6.61 Å². The molecular formula is C15H37NO2. The molecule has 0 saturated carbocycles. The van der Waals surface area contributed by atoms with Gasteiger partial charge in [0.15, 0.2) is 0 Å². The highest BCUT2D eigenvalue weighted by molar-refractivity contribution is 4.48. The van der Waals surface area contributed by atoms with Crippen LogP contribution in [0.25, 0.3) is 0 Å². The van der Waals surface area contributed by atoms with Crippen LogP contribution in [0.15, 0.2) is 0 Å². The highest BCUT2D eigenvalue weighted by Crippen LogP contribution is 2.12. The van der Waals surface area contributed by atoms with Gasteiger partial charge in [-0.2, -0.15) is 0 Å². The maximum Gasteiger partial charge on any atom is 0.0431 e. The van der Waals surface area contributed by atoms with E-state index in [0.29, 0.717) is 6.61 Å². The summed E-state index contributed by atoms with van der Waals surface area (Å²) in [6.45, 7) is 2.65. The van der Waals surface area contributed by atoms with Crippen molar-refractivity contribution in [1.82, 2.24) is 6.15 Å². The van der Waals surface area contributed by atoms with Gasteiger partial charge >= 0.3 is 0 Å². The van der Waals surface area contributed by atoms with E-state index in [4.69, 9.17) is 5.11 Å². The monoisotopic (exact) mass is 263 g/mol. The Hall–Kier alpha value is -0.120. The highest BCUT2D eigenvalue weighted by atomic mass is 16.2. The molecule has 0 bridgehead atoms. The molecule has 0 rings (SSSR count). The number of aliphatic hydroxyl groups excluding tert-OH is 1. The van der Waals surface area contributed by atoms with E-state index in [2.05, 4.69) is 6.92 Å². The standard InChI is InChI=1S/C15H32O.H3N.H2O/c1-2-3-4-5-6-7-8-9-10-11-12-13-14-15-16;;/h16H,2-15H2,1H3;1H3;1H2. The molecule has 0 radical (unpaired) electrons. The van der Waals surface area contributed by atoms with Gasteiger partial charge in [-0.1, -0.05) is 84.0 Å². The second-order valence-corrected chi connectivity index (χ2v) is 4.97. The molecule has 3 heteroatoms. The lowest BCUT2D eigenvalue weighted by molar-refractivity contribution is 0.282. The van der Waals surface area contributed by atoms with Crippen LogP contribution in [0.5, 0.6) is 0 Å². The predicted molar refractivity (Wildman–Crippen MR) is 81.4 cm³/mol. The topological polar surface area (TPSA) is 86.7 Å². The average Bonchev–Trinajstić information content (AvgIpc) is 2.31. The van der Waals surface area contributed by atoms with E-state index < -0.39 is 0 Å². The third-order valence-electron chi connectivity index (χ3n) is 3.26. The molecule has 3 nitrogen and oxygen atoms in total. The maximum absolute atomic E-state index is 8.63. The van der Waals surface area contributed by atoms with Gasteiger partial charge in [0.05, 0.1) is 0 Å². The Morgan fingerprint density at radius 1 is 0.556 bits per heavy atom. The summed E-state index contributed by atoms with van der Waals surface area (Å²) in [5.41, 5.74) is 0. The van der Waals surface area contributed by atoms with Crippen LogP contribution in [0.1, 0.15) is 90.4 Å². The van der Waals surface area contributed by atoms with Crippen LogP contribution < -0.4 is 6.15 Å². The summed E-state index contributed by atoms with van der Waals surface area (Å²) < 4.78 is 0. The van der Waals surface area contributed by atoms with E-state index in [9.17, 15) is 0 Å². The minimum Gasteiger partial charge on any atom is -0.412 e. The van der Waals surface area contributed by atoms with Crippen molar-refractivity contribution >= 4 is 0 Å². The second kappa shape index (κ2) is 22.1. The lowest BCUT2D eigenvalue weighted by Crippen LogP contribution is -1.84.